The zero-order valence-corrected chi connectivity index (χ0v) is 16.4. The number of imidazole rings is 1. The van der Waals surface area contributed by atoms with E-state index in [1.807, 2.05) is 36.4 Å². The van der Waals surface area contributed by atoms with Crippen LogP contribution in [0.25, 0.3) is 16.8 Å². The number of likely N-dealkylation sites (N-methyl/N-ethyl adjacent to an activating group) is 1. The molecule has 30 heavy (non-hydrogen) atoms. The van der Waals surface area contributed by atoms with Crippen molar-refractivity contribution >= 4 is 17.3 Å². The molecule has 2 fully saturated rings. The molecule has 3 atom stereocenters. The van der Waals surface area contributed by atoms with Gasteiger partial charge in [0.15, 0.2) is 0 Å². The van der Waals surface area contributed by atoms with Crippen LogP contribution in [0.4, 0.5) is 0 Å². The Morgan fingerprint density at radius 1 is 1.27 bits per heavy atom. The summed E-state index contributed by atoms with van der Waals surface area (Å²) in [5.74, 6) is 4.89. The number of amides is 2. The number of aliphatic hydroxyl groups is 1. The molecule has 5 rings (SSSR count). The highest BCUT2D eigenvalue weighted by Gasteiger charge is 2.60. The standard InChI is InChI=1S/C23H20N4O3/c1-26-17-9-8-16(17)23(30,22(26)29)11-10-14-5-4-6-15(13-14)19-18-7-2-3-12-27(18)21(25-19)20(24)28/h2-7,12-13,16-17,30H,8-9H2,1H3,(H2,24,28)/t16-,17+,23-/m1/s1. The molecule has 1 aromatic carbocycles. The van der Waals surface area contributed by atoms with Gasteiger partial charge in [0.2, 0.25) is 11.4 Å². The molecule has 0 spiro atoms. The van der Waals surface area contributed by atoms with Gasteiger partial charge in [0.25, 0.3) is 11.8 Å². The van der Waals surface area contributed by atoms with Crippen LogP contribution in [0.1, 0.15) is 29.0 Å². The Hall–Kier alpha value is -3.63. The zero-order chi connectivity index (χ0) is 21.0. The van der Waals surface area contributed by atoms with E-state index in [9.17, 15) is 14.7 Å². The lowest BCUT2D eigenvalue weighted by atomic mass is 9.72. The summed E-state index contributed by atoms with van der Waals surface area (Å²) in [4.78, 5) is 30.4. The second kappa shape index (κ2) is 6.44. The molecule has 1 aliphatic carbocycles. The maximum Gasteiger partial charge on any atom is 0.285 e. The van der Waals surface area contributed by atoms with Crippen LogP contribution in [0.15, 0.2) is 48.7 Å². The fourth-order valence-corrected chi connectivity index (χ4v) is 4.49. The number of aromatic nitrogens is 2. The molecule has 0 unspecified atom stereocenters. The fraction of sp³-hybridized carbons (Fsp3) is 0.261. The second-order valence-electron chi connectivity index (χ2n) is 7.87. The maximum absolute atomic E-state index is 12.5. The molecule has 0 radical (unpaired) electrons. The van der Waals surface area contributed by atoms with Crippen molar-refractivity contribution in [3.05, 3.63) is 60.0 Å². The van der Waals surface area contributed by atoms with E-state index in [4.69, 9.17) is 5.73 Å². The molecular weight excluding hydrogens is 380 g/mol. The molecule has 1 saturated carbocycles. The van der Waals surface area contributed by atoms with Crippen LogP contribution in [0.3, 0.4) is 0 Å². The van der Waals surface area contributed by atoms with E-state index in [1.54, 1.807) is 28.6 Å². The first-order valence-electron chi connectivity index (χ1n) is 9.80. The van der Waals surface area contributed by atoms with Crippen molar-refractivity contribution in [3.63, 3.8) is 0 Å². The number of hydrogen-bond donors (Lipinski definition) is 2. The third-order valence-corrected chi connectivity index (χ3v) is 6.22. The third kappa shape index (κ3) is 2.54. The molecule has 3 heterocycles. The Labute approximate surface area is 173 Å². The molecule has 3 N–H and O–H groups in total. The van der Waals surface area contributed by atoms with Crippen LogP contribution in [0.2, 0.25) is 0 Å². The van der Waals surface area contributed by atoms with Gasteiger partial charge in [-0.25, -0.2) is 4.98 Å². The molecule has 150 valence electrons. The van der Waals surface area contributed by atoms with Crippen LogP contribution in [0.5, 0.6) is 0 Å². The topological polar surface area (TPSA) is 101 Å². The number of nitrogens with two attached hydrogens (primary N) is 1. The molecule has 1 aliphatic heterocycles. The van der Waals surface area contributed by atoms with Crippen molar-refractivity contribution in [1.29, 1.82) is 0 Å². The quantitative estimate of drug-likeness (QED) is 0.636. The maximum atomic E-state index is 12.5. The smallest absolute Gasteiger partial charge is 0.285 e. The highest BCUT2D eigenvalue weighted by molar-refractivity contribution is 5.94. The number of fused-ring (bicyclic) bond motifs is 2. The Morgan fingerprint density at radius 2 is 2.10 bits per heavy atom. The Balaban J connectivity index is 1.55. The number of carbonyl (C=O) groups is 2. The second-order valence-corrected chi connectivity index (χ2v) is 7.87. The third-order valence-electron chi connectivity index (χ3n) is 6.22. The predicted molar refractivity (Wildman–Crippen MR) is 110 cm³/mol. The summed E-state index contributed by atoms with van der Waals surface area (Å²) in [6.45, 7) is 0. The average molecular weight is 400 g/mol. The first-order chi connectivity index (χ1) is 14.4. The Kier molecular flexibility index (Phi) is 3.95. The summed E-state index contributed by atoms with van der Waals surface area (Å²) >= 11 is 0. The van der Waals surface area contributed by atoms with Crippen molar-refractivity contribution in [2.75, 3.05) is 7.05 Å². The van der Waals surface area contributed by atoms with E-state index in [0.29, 0.717) is 11.3 Å². The van der Waals surface area contributed by atoms with Gasteiger partial charge in [-0.2, -0.15) is 0 Å². The minimum absolute atomic E-state index is 0.0762. The molecule has 7 nitrogen and oxygen atoms in total. The van der Waals surface area contributed by atoms with Gasteiger partial charge in [0, 0.05) is 36.3 Å². The molecule has 2 amide bonds. The van der Waals surface area contributed by atoms with Gasteiger partial charge in [-0.1, -0.05) is 30.0 Å². The van der Waals surface area contributed by atoms with Crippen molar-refractivity contribution in [2.24, 2.45) is 11.7 Å². The van der Waals surface area contributed by atoms with Crippen LogP contribution < -0.4 is 5.73 Å². The van der Waals surface area contributed by atoms with Crippen LogP contribution in [-0.4, -0.2) is 49.9 Å². The first-order valence-corrected chi connectivity index (χ1v) is 9.80. The van der Waals surface area contributed by atoms with Gasteiger partial charge >= 0.3 is 0 Å². The number of primary amides is 1. The van der Waals surface area contributed by atoms with E-state index in [1.165, 1.54) is 0 Å². The van der Waals surface area contributed by atoms with E-state index in [-0.39, 0.29) is 23.7 Å². The molecular formula is C23H20N4O3. The number of rotatable bonds is 2. The van der Waals surface area contributed by atoms with E-state index < -0.39 is 11.5 Å². The Morgan fingerprint density at radius 3 is 2.80 bits per heavy atom. The number of pyridine rings is 1. The van der Waals surface area contributed by atoms with Crippen molar-refractivity contribution < 1.29 is 14.7 Å². The van der Waals surface area contributed by atoms with Crippen LogP contribution in [0, 0.1) is 17.8 Å². The molecule has 0 bridgehead atoms. The lowest BCUT2D eigenvalue weighted by Crippen LogP contribution is -2.44. The summed E-state index contributed by atoms with van der Waals surface area (Å²) < 4.78 is 1.66. The largest absolute Gasteiger partial charge is 0.369 e. The van der Waals surface area contributed by atoms with E-state index in [0.717, 1.165) is 23.9 Å². The van der Waals surface area contributed by atoms with Gasteiger partial charge in [-0.3, -0.25) is 14.0 Å². The highest BCUT2D eigenvalue weighted by Crippen LogP contribution is 2.46. The number of nitrogens with zero attached hydrogens (tertiary/aromatic N) is 3. The van der Waals surface area contributed by atoms with Gasteiger partial charge in [0.05, 0.1) is 11.2 Å². The number of hydrogen-bond acceptors (Lipinski definition) is 4. The molecule has 2 aliphatic rings. The average Bonchev–Trinajstić information content (AvgIpc) is 3.16. The molecule has 7 heteroatoms. The molecule has 2 aromatic heterocycles. The van der Waals surface area contributed by atoms with Gasteiger partial charge < -0.3 is 15.7 Å². The molecule has 3 aromatic rings. The van der Waals surface area contributed by atoms with Gasteiger partial charge in [-0.15, -0.1) is 0 Å². The summed E-state index contributed by atoms with van der Waals surface area (Å²) in [5, 5.41) is 10.9. The lowest BCUT2D eigenvalue weighted by Gasteiger charge is -2.35. The number of likely N-dealkylation sites (tertiary alicyclic amines) is 1. The van der Waals surface area contributed by atoms with Gasteiger partial charge in [0.1, 0.15) is 0 Å². The SMILES string of the molecule is CN1C(=O)[C@@](O)(C#Cc2cccc(-c3nc(C(N)=O)n4ccccc34)c2)[C@@H]2CC[C@@H]21. The highest BCUT2D eigenvalue weighted by atomic mass is 16.3. The first kappa shape index (κ1) is 18.4. The summed E-state index contributed by atoms with van der Waals surface area (Å²) in [6, 6.07) is 12.9. The monoisotopic (exact) mass is 400 g/mol. The predicted octanol–water partition coefficient (Wildman–Crippen LogP) is 1.43. The summed E-state index contributed by atoms with van der Waals surface area (Å²) in [6.07, 6.45) is 3.44. The Bertz CT molecular complexity index is 1270. The van der Waals surface area contributed by atoms with Crippen LogP contribution >= 0.6 is 0 Å². The van der Waals surface area contributed by atoms with Crippen LogP contribution in [-0.2, 0) is 4.79 Å². The number of benzene rings is 1. The summed E-state index contributed by atoms with van der Waals surface area (Å²) in [7, 11) is 1.72. The number of carbonyl (C=O) groups excluding carboxylic acids is 2. The minimum atomic E-state index is -1.63. The summed E-state index contributed by atoms with van der Waals surface area (Å²) in [5.41, 5.74) is 6.63. The van der Waals surface area contributed by atoms with E-state index >= 15 is 0 Å². The van der Waals surface area contributed by atoms with Crippen molar-refractivity contribution in [3.8, 4) is 23.1 Å². The fourth-order valence-electron chi connectivity index (χ4n) is 4.49. The van der Waals surface area contributed by atoms with Gasteiger partial charge in [-0.05, 0) is 37.1 Å². The van der Waals surface area contributed by atoms with Crippen molar-refractivity contribution in [1.82, 2.24) is 14.3 Å². The lowest BCUT2D eigenvalue weighted by molar-refractivity contribution is -0.138. The normalized spacial score (nSPS) is 24.9. The zero-order valence-electron chi connectivity index (χ0n) is 16.4. The minimum Gasteiger partial charge on any atom is -0.369 e. The van der Waals surface area contributed by atoms with Crippen molar-refractivity contribution in [2.45, 2.75) is 24.5 Å². The molecule has 1 saturated heterocycles. The van der Waals surface area contributed by atoms with E-state index in [2.05, 4.69) is 16.8 Å².